The molecule has 0 aliphatic carbocycles. The van der Waals surface area contributed by atoms with Crippen LogP contribution in [0.1, 0.15) is 28.7 Å². The number of hydrogen-bond donors (Lipinski definition) is 2. The van der Waals surface area contributed by atoms with Gasteiger partial charge in [-0.2, -0.15) is 0 Å². The van der Waals surface area contributed by atoms with Gasteiger partial charge in [0.05, 0.1) is 23.3 Å². The molecule has 0 radical (unpaired) electrons. The Labute approximate surface area is 104 Å². The number of aromatic nitrogens is 2. The first-order valence-electron chi connectivity index (χ1n) is 5.68. The summed E-state index contributed by atoms with van der Waals surface area (Å²) in [5, 5.41) is 16.1. The van der Waals surface area contributed by atoms with Crippen molar-refractivity contribution in [1.29, 1.82) is 0 Å². The molecular formula is C12H15N3O3. The second-order valence-corrected chi connectivity index (χ2v) is 4.32. The first kappa shape index (κ1) is 12.5. The predicted octanol–water partition coefficient (Wildman–Crippen LogP) is 0.950. The van der Waals surface area contributed by atoms with Crippen LogP contribution in [0.4, 0.5) is 0 Å². The van der Waals surface area contributed by atoms with E-state index in [0.29, 0.717) is 28.1 Å². The molecule has 2 N–H and O–H groups in total. The molecule has 0 aliphatic rings. The van der Waals surface area contributed by atoms with E-state index in [1.807, 2.05) is 0 Å². The van der Waals surface area contributed by atoms with E-state index in [9.17, 15) is 4.79 Å². The molecule has 1 unspecified atom stereocenters. The third-order valence-electron chi connectivity index (χ3n) is 2.64. The molecular weight excluding hydrogens is 234 g/mol. The van der Waals surface area contributed by atoms with Gasteiger partial charge >= 0.3 is 0 Å². The van der Waals surface area contributed by atoms with Gasteiger partial charge in [-0.15, -0.1) is 0 Å². The van der Waals surface area contributed by atoms with Crippen LogP contribution in [0.15, 0.2) is 10.6 Å². The van der Waals surface area contributed by atoms with Crippen LogP contribution in [0, 0.1) is 13.8 Å². The fourth-order valence-corrected chi connectivity index (χ4v) is 1.74. The number of nitrogens with zero attached hydrogens (tertiary/aromatic N) is 2. The number of aliphatic hydroxyl groups excluding tert-OH is 1. The summed E-state index contributed by atoms with van der Waals surface area (Å²) < 4.78 is 5.06. The van der Waals surface area contributed by atoms with Crippen LogP contribution in [0.5, 0.6) is 0 Å². The van der Waals surface area contributed by atoms with Gasteiger partial charge in [-0.25, -0.2) is 4.98 Å². The normalized spacial score (nSPS) is 12.7. The Kier molecular flexibility index (Phi) is 3.29. The van der Waals surface area contributed by atoms with Gasteiger partial charge in [0.1, 0.15) is 0 Å². The quantitative estimate of drug-likeness (QED) is 0.845. The molecule has 18 heavy (non-hydrogen) atoms. The van der Waals surface area contributed by atoms with Gasteiger partial charge in [0.2, 0.25) is 0 Å². The fourth-order valence-electron chi connectivity index (χ4n) is 1.74. The summed E-state index contributed by atoms with van der Waals surface area (Å²) in [6, 6.07) is 1.38. The summed E-state index contributed by atoms with van der Waals surface area (Å²) in [5.74, 6) is -0.265. The molecule has 2 aromatic rings. The molecule has 0 fully saturated rings. The minimum absolute atomic E-state index is 0.110. The third-order valence-corrected chi connectivity index (χ3v) is 2.64. The second kappa shape index (κ2) is 4.73. The highest BCUT2D eigenvalue weighted by atomic mass is 16.5. The molecule has 1 amide bonds. The highest BCUT2D eigenvalue weighted by Crippen LogP contribution is 2.21. The number of hydrogen-bond acceptors (Lipinski definition) is 5. The zero-order valence-corrected chi connectivity index (χ0v) is 10.5. The highest BCUT2D eigenvalue weighted by Gasteiger charge is 2.18. The van der Waals surface area contributed by atoms with Crippen molar-refractivity contribution in [2.45, 2.75) is 26.8 Å². The van der Waals surface area contributed by atoms with Crippen molar-refractivity contribution in [3.63, 3.8) is 0 Å². The number of carbonyl (C=O) groups is 1. The van der Waals surface area contributed by atoms with E-state index in [1.54, 1.807) is 26.8 Å². The molecule has 2 aromatic heterocycles. The Morgan fingerprint density at radius 2 is 2.28 bits per heavy atom. The standard InChI is InChI=1S/C12H15N3O3/c1-6-4-9(11(17)13-7(2)5-16)10-8(3)15-18-12(10)14-6/h4,7,16H,5H2,1-3H3,(H,13,17). The molecule has 0 bridgehead atoms. The van der Waals surface area contributed by atoms with Crippen molar-refractivity contribution in [3.05, 3.63) is 23.0 Å². The average Bonchev–Trinajstić information content (AvgIpc) is 2.69. The van der Waals surface area contributed by atoms with Gasteiger partial charge < -0.3 is 14.9 Å². The number of aliphatic hydroxyl groups is 1. The summed E-state index contributed by atoms with van der Waals surface area (Å²) in [6.07, 6.45) is 0. The average molecular weight is 249 g/mol. The highest BCUT2D eigenvalue weighted by molar-refractivity contribution is 6.06. The van der Waals surface area contributed by atoms with Crippen LogP contribution in [-0.2, 0) is 0 Å². The lowest BCUT2D eigenvalue weighted by Gasteiger charge is -2.11. The van der Waals surface area contributed by atoms with Gasteiger partial charge in [0, 0.05) is 11.7 Å². The third kappa shape index (κ3) is 2.19. The minimum atomic E-state index is -0.304. The van der Waals surface area contributed by atoms with Gasteiger partial charge in [-0.3, -0.25) is 4.79 Å². The van der Waals surface area contributed by atoms with E-state index in [2.05, 4.69) is 15.5 Å². The monoisotopic (exact) mass is 249 g/mol. The van der Waals surface area contributed by atoms with Crippen molar-refractivity contribution < 1.29 is 14.4 Å². The Morgan fingerprint density at radius 3 is 2.94 bits per heavy atom. The number of amides is 1. The number of nitrogens with one attached hydrogen (secondary N) is 1. The van der Waals surface area contributed by atoms with E-state index in [-0.39, 0.29) is 18.6 Å². The maximum absolute atomic E-state index is 12.1. The number of carbonyl (C=O) groups excluding carboxylic acids is 1. The van der Waals surface area contributed by atoms with Crippen molar-refractivity contribution in [1.82, 2.24) is 15.5 Å². The fraction of sp³-hybridized carbons (Fsp3) is 0.417. The van der Waals surface area contributed by atoms with Gasteiger partial charge in [0.25, 0.3) is 11.6 Å². The van der Waals surface area contributed by atoms with E-state index < -0.39 is 0 Å². The molecule has 2 rings (SSSR count). The molecule has 0 aromatic carbocycles. The van der Waals surface area contributed by atoms with Gasteiger partial charge in [-0.1, -0.05) is 5.16 Å². The molecule has 6 nitrogen and oxygen atoms in total. The van der Waals surface area contributed by atoms with Crippen molar-refractivity contribution in [2.24, 2.45) is 0 Å². The molecule has 0 aliphatic heterocycles. The Balaban J connectivity index is 2.49. The minimum Gasteiger partial charge on any atom is -0.394 e. The summed E-state index contributed by atoms with van der Waals surface area (Å²) in [7, 11) is 0. The van der Waals surface area contributed by atoms with Crippen molar-refractivity contribution in [2.75, 3.05) is 6.61 Å². The van der Waals surface area contributed by atoms with E-state index in [4.69, 9.17) is 9.63 Å². The SMILES string of the molecule is Cc1cc(C(=O)NC(C)CO)c2c(C)noc2n1. The van der Waals surface area contributed by atoms with Gasteiger partial charge in [0.15, 0.2) is 0 Å². The maximum Gasteiger partial charge on any atom is 0.258 e. The topological polar surface area (TPSA) is 88.2 Å². The zero-order chi connectivity index (χ0) is 13.3. The first-order valence-corrected chi connectivity index (χ1v) is 5.68. The van der Waals surface area contributed by atoms with E-state index in [0.717, 1.165) is 0 Å². The molecule has 0 saturated carbocycles. The van der Waals surface area contributed by atoms with E-state index >= 15 is 0 Å². The van der Waals surface area contributed by atoms with Crippen LogP contribution in [0.25, 0.3) is 11.1 Å². The lowest BCUT2D eigenvalue weighted by atomic mass is 10.1. The Bertz CT molecular complexity index is 592. The maximum atomic E-state index is 12.1. The second-order valence-electron chi connectivity index (χ2n) is 4.32. The number of rotatable bonds is 3. The summed E-state index contributed by atoms with van der Waals surface area (Å²) in [4.78, 5) is 16.3. The molecule has 0 saturated heterocycles. The summed E-state index contributed by atoms with van der Waals surface area (Å²) in [6.45, 7) is 5.16. The smallest absolute Gasteiger partial charge is 0.258 e. The van der Waals surface area contributed by atoms with Crippen molar-refractivity contribution in [3.8, 4) is 0 Å². The zero-order valence-electron chi connectivity index (χ0n) is 10.5. The predicted molar refractivity (Wildman–Crippen MR) is 65.3 cm³/mol. The Hall–Kier alpha value is -1.95. The van der Waals surface area contributed by atoms with Crippen LogP contribution < -0.4 is 5.32 Å². The molecule has 96 valence electrons. The van der Waals surface area contributed by atoms with Crippen molar-refractivity contribution >= 4 is 17.0 Å². The lowest BCUT2D eigenvalue weighted by molar-refractivity contribution is 0.0923. The van der Waals surface area contributed by atoms with Crippen LogP contribution in [-0.4, -0.2) is 33.8 Å². The molecule has 0 spiro atoms. The Morgan fingerprint density at radius 1 is 1.56 bits per heavy atom. The number of aryl methyl sites for hydroxylation is 2. The summed E-state index contributed by atoms with van der Waals surface area (Å²) >= 11 is 0. The number of fused-ring (bicyclic) bond motifs is 1. The summed E-state index contributed by atoms with van der Waals surface area (Å²) in [5.41, 5.74) is 2.13. The molecule has 2 heterocycles. The van der Waals surface area contributed by atoms with Crippen LogP contribution >= 0.6 is 0 Å². The van der Waals surface area contributed by atoms with E-state index in [1.165, 1.54) is 0 Å². The van der Waals surface area contributed by atoms with Gasteiger partial charge in [-0.05, 0) is 26.8 Å². The largest absolute Gasteiger partial charge is 0.394 e. The first-order chi connectivity index (χ1) is 8.52. The molecule has 6 heteroatoms. The van der Waals surface area contributed by atoms with Crippen LogP contribution in [0.3, 0.4) is 0 Å². The lowest BCUT2D eigenvalue weighted by Crippen LogP contribution is -2.35. The van der Waals surface area contributed by atoms with Crippen LogP contribution in [0.2, 0.25) is 0 Å². The number of pyridine rings is 1. The molecule has 1 atom stereocenters.